The summed E-state index contributed by atoms with van der Waals surface area (Å²) in [5.74, 6) is 0.738. The second kappa shape index (κ2) is 6.95. The molecule has 1 atom stereocenters. The quantitative estimate of drug-likeness (QED) is 0.685. The molecule has 3 aliphatic rings. The first-order chi connectivity index (χ1) is 13.8. The van der Waals surface area contributed by atoms with Crippen LogP contribution in [0.5, 0.6) is 0 Å². The van der Waals surface area contributed by atoms with E-state index < -0.39 is 10.0 Å². The SMILES string of the molecule is C=c1ccccc1=C1C2=CCC(N)C(C)=C2OC2=C(S(=O)(=O)NC)C(=N)CC=C21. The van der Waals surface area contributed by atoms with Crippen molar-refractivity contribution < 1.29 is 13.2 Å². The van der Waals surface area contributed by atoms with Crippen LogP contribution in [0.1, 0.15) is 19.8 Å². The Morgan fingerprint density at radius 2 is 1.90 bits per heavy atom. The lowest BCUT2D eigenvalue weighted by Crippen LogP contribution is -2.35. The summed E-state index contributed by atoms with van der Waals surface area (Å²) in [6, 6.07) is 7.53. The average Bonchev–Trinajstić information content (AvgIpc) is 2.70. The molecule has 2 aliphatic carbocycles. The minimum Gasteiger partial charge on any atom is -0.455 e. The molecule has 1 unspecified atom stereocenters. The minimum atomic E-state index is -3.89. The van der Waals surface area contributed by atoms with Crippen molar-refractivity contribution in [1.82, 2.24) is 4.72 Å². The highest BCUT2D eigenvalue weighted by molar-refractivity contribution is 7.94. The minimum absolute atomic E-state index is 0.00820. The van der Waals surface area contributed by atoms with E-state index in [4.69, 9.17) is 15.9 Å². The molecule has 0 bridgehead atoms. The van der Waals surface area contributed by atoms with Crippen LogP contribution in [0.25, 0.3) is 12.2 Å². The maximum absolute atomic E-state index is 12.7. The smallest absolute Gasteiger partial charge is 0.245 e. The van der Waals surface area contributed by atoms with Crippen LogP contribution in [0.2, 0.25) is 0 Å². The number of fused-ring (bicyclic) bond motifs is 2. The van der Waals surface area contributed by atoms with Gasteiger partial charge >= 0.3 is 0 Å². The highest BCUT2D eigenvalue weighted by Crippen LogP contribution is 2.46. The first kappa shape index (κ1) is 19.6. The summed E-state index contributed by atoms with van der Waals surface area (Å²) in [6.07, 6.45) is 4.76. The molecule has 0 amide bonds. The highest BCUT2D eigenvalue weighted by Gasteiger charge is 2.39. The zero-order valence-corrected chi connectivity index (χ0v) is 17.2. The van der Waals surface area contributed by atoms with Crippen molar-refractivity contribution in [1.29, 1.82) is 5.41 Å². The molecule has 4 rings (SSSR count). The normalized spacial score (nSPS) is 23.8. The van der Waals surface area contributed by atoms with E-state index in [2.05, 4.69) is 11.3 Å². The van der Waals surface area contributed by atoms with E-state index >= 15 is 0 Å². The van der Waals surface area contributed by atoms with Gasteiger partial charge in [0.15, 0.2) is 5.76 Å². The molecule has 0 spiro atoms. The maximum atomic E-state index is 12.7. The van der Waals surface area contributed by atoms with Gasteiger partial charge in [0, 0.05) is 29.2 Å². The number of hydrogen-bond donors (Lipinski definition) is 3. The first-order valence-electron chi connectivity index (χ1n) is 9.36. The molecule has 29 heavy (non-hydrogen) atoms. The molecular formula is C22H23N3O3S. The topological polar surface area (TPSA) is 105 Å². The third-order valence-electron chi connectivity index (χ3n) is 5.54. The standard InChI is InChI=1S/C22H23N3O3S/c1-12-6-4-5-7-14(12)19-15-8-10-17(23)13(2)20(15)28-21-16(19)9-11-18(24)22(21)29(26,27)25-3/h4-9,17,24-25H,1,10-11,23H2,2-3H3. The van der Waals surface area contributed by atoms with Gasteiger partial charge in [-0.05, 0) is 36.4 Å². The number of rotatable bonds is 2. The predicted molar refractivity (Wildman–Crippen MR) is 115 cm³/mol. The Bertz CT molecular complexity index is 1280. The van der Waals surface area contributed by atoms with E-state index in [1.807, 2.05) is 43.3 Å². The average molecular weight is 410 g/mol. The number of hydrogen-bond acceptors (Lipinski definition) is 5. The van der Waals surface area contributed by atoms with Crippen LogP contribution in [0.4, 0.5) is 0 Å². The van der Waals surface area contributed by atoms with Crippen molar-refractivity contribution in [3.05, 3.63) is 80.0 Å². The predicted octanol–water partition coefficient (Wildman–Crippen LogP) is 1.32. The van der Waals surface area contributed by atoms with Crippen LogP contribution in [0, 0.1) is 5.41 Å². The molecule has 1 heterocycles. The van der Waals surface area contributed by atoms with E-state index in [-0.39, 0.29) is 28.8 Å². The summed E-state index contributed by atoms with van der Waals surface area (Å²) in [4.78, 5) is -0.130. The molecule has 0 saturated carbocycles. The van der Waals surface area contributed by atoms with Gasteiger partial charge in [0.2, 0.25) is 10.0 Å². The number of ether oxygens (including phenoxy) is 1. The summed E-state index contributed by atoms with van der Waals surface area (Å²) in [6.45, 7) is 6.06. The number of sulfonamides is 1. The Morgan fingerprint density at radius 3 is 2.59 bits per heavy atom. The van der Waals surface area contributed by atoms with Crippen molar-refractivity contribution in [3.8, 4) is 0 Å². The van der Waals surface area contributed by atoms with Crippen molar-refractivity contribution >= 4 is 27.9 Å². The van der Waals surface area contributed by atoms with Gasteiger partial charge in [-0.1, -0.05) is 43.0 Å². The van der Waals surface area contributed by atoms with Gasteiger partial charge < -0.3 is 15.9 Å². The summed E-state index contributed by atoms with van der Waals surface area (Å²) in [5.41, 5.74) is 9.51. The molecular weight excluding hydrogens is 386 g/mol. The highest BCUT2D eigenvalue weighted by atomic mass is 32.2. The van der Waals surface area contributed by atoms with E-state index in [0.717, 1.165) is 27.2 Å². The molecule has 1 fully saturated rings. The number of benzene rings is 1. The van der Waals surface area contributed by atoms with Gasteiger partial charge in [-0.2, -0.15) is 0 Å². The summed E-state index contributed by atoms with van der Waals surface area (Å²) >= 11 is 0. The first-order valence-corrected chi connectivity index (χ1v) is 10.8. The third kappa shape index (κ3) is 3.02. The Morgan fingerprint density at radius 1 is 1.21 bits per heavy atom. The lowest BCUT2D eigenvalue weighted by atomic mass is 9.81. The van der Waals surface area contributed by atoms with Gasteiger partial charge in [0.1, 0.15) is 10.7 Å². The largest absolute Gasteiger partial charge is 0.455 e. The molecule has 7 heteroatoms. The lowest BCUT2D eigenvalue weighted by Gasteiger charge is -2.35. The Labute approximate surface area is 170 Å². The molecule has 0 aromatic heterocycles. The third-order valence-corrected chi connectivity index (χ3v) is 7.04. The monoisotopic (exact) mass is 409 g/mol. The molecule has 150 valence electrons. The van der Waals surface area contributed by atoms with Gasteiger partial charge in [-0.25, -0.2) is 13.1 Å². The summed E-state index contributed by atoms with van der Waals surface area (Å²) in [5, 5.41) is 10.0. The summed E-state index contributed by atoms with van der Waals surface area (Å²) in [7, 11) is -2.56. The van der Waals surface area contributed by atoms with Crippen molar-refractivity contribution in [2.45, 2.75) is 25.8 Å². The Balaban J connectivity index is 2.16. The van der Waals surface area contributed by atoms with E-state index in [0.29, 0.717) is 17.8 Å². The molecule has 0 radical (unpaired) electrons. The van der Waals surface area contributed by atoms with Crippen LogP contribution in [0.15, 0.2) is 69.6 Å². The zero-order chi connectivity index (χ0) is 20.9. The van der Waals surface area contributed by atoms with Gasteiger partial charge in [-0.3, -0.25) is 0 Å². The number of nitrogens with two attached hydrogens (primary N) is 1. The van der Waals surface area contributed by atoms with E-state index in [9.17, 15) is 8.42 Å². The molecule has 4 N–H and O–H groups in total. The van der Waals surface area contributed by atoms with Crippen LogP contribution in [-0.2, 0) is 14.8 Å². The molecule has 1 aliphatic heterocycles. The van der Waals surface area contributed by atoms with Crippen LogP contribution in [0.3, 0.4) is 0 Å². The van der Waals surface area contributed by atoms with Crippen molar-refractivity contribution in [2.24, 2.45) is 5.73 Å². The van der Waals surface area contributed by atoms with Crippen molar-refractivity contribution in [3.63, 3.8) is 0 Å². The fourth-order valence-electron chi connectivity index (χ4n) is 3.90. The molecule has 1 aromatic carbocycles. The Hall–Kier alpha value is -2.74. The summed E-state index contributed by atoms with van der Waals surface area (Å²) < 4.78 is 34.0. The Kier molecular flexibility index (Phi) is 4.69. The van der Waals surface area contributed by atoms with Crippen molar-refractivity contribution in [2.75, 3.05) is 7.05 Å². The molecule has 1 saturated heterocycles. The number of allylic oxidation sites excluding steroid dienone is 4. The molecule has 1 aromatic rings. The number of nitrogens with one attached hydrogen (secondary N) is 2. The lowest BCUT2D eigenvalue weighted by molar-refractivity contribution is 0.308. The maximum Gasteiger partial charge on any atom is 0.245 e. The molecule has 6 nitrogen and oxygen atoms in total. The fraction of sp³-hybridized carbons (Fsp3) is 0.227. The van der Waals surface area contributed by atoms with Crippen LogP contribution >= 0.6 is 0 Å². The van der Waals surface area contributed by atoms with Crippen LogP contribution in [-0.4, -0.2) is 27.2 Å². The van der Waals surface area contributed by atoms with E-state index in [1.54, 1.807) is 0 Å². The van der Waals surface area contributed by atoms with Crippen LogP contribution < -0.4 is 20.9 Å². The van der Waals surface area contributed by atoms with E-state index in [1.165, 1.54) is 7.05 Å². The second-order valence-electron chi connectivity index (χ2n) is 7.27. The van der Waals surface area contributed by atoms with Gasteiger partial charge in [-0.15, -0.1) is 0 Å². The second-order valence-corrected chi connectivity index (χ2v) is 9.10. The fourth-order valence-corrected chi connectivity index (χ4v) is 4.91. The zero-order valence-electron chi connectivity index (χ0n) is 16.4. The van der Waals surface area contributed by atoms with Gasteiger partial charge in [0.05, 0.1) is 5.71 Å². The van der Waals surface area contributed by atoms with Gasteiger partial charge in [0.25, 0.3) is 0 Å².